The summed E-state index contributed by atoms with van der Waals surface area (Å²) in [4.78, 5) is 8.87. The minimum absolute atomic E-state index is 0.0632. The zero-order valence-electron chi connectivity index (χ0n) is 5.11. The van der Waals surface area contributed by atoms with Crippen molar-refractivity contribution in [3.63, 3.8) is 0 Å². The van der Waals surface area contributed by atoms with E-state index in [0.29, 0.717) is 0 Å². The van der Waals surface area contributed by atoms with Crippen LogP contribution in [0.2, 0.25) is 0 Å². The van der Waals surface area contributed by atoms with Crippen molar-refractivity contribution in [3.8, 4) is 0 Å². The molecule has 0 bridgehead atoms. The monoisotopic (exact) mass is 154 g/mol. The number of nitrogens with two attached hydrogens (primary N) is 1. The Balaban J connectivity index is 2.42. The number of aromatic nitrogens is 2. The fraction of sp³-hybridized carbons (Fsp3) is 0.200. The summed E-state index contributed by atoms with van der Waals surface area (Å²) in [7, 11) is 0. The molecule has 0 spiro atoms. The van der Waals surface area contributed by atoms with Gasteiger partial charge in [0.15, 0.2) is 0 Å². The predicted octanol–water partition coefficient (Wildman–Crippen LogP) is 0.236. The molecule has 1 aliphatic rings. The molecule has 0 saturated heterocycles. The van der Waals surface area contributed by atoms with E-state index in [9.17, 15) is 0 Å². The SMILES string of the molecule is NC1Nc2ncncc2S1. The first-order valence-corrected chi connectivity index (χ1v) is 3.73. The van der Waals surface area contributed by atoms with E-state index in [1.807, 2.05) is 0 Å². The first kappa shape index (κ1) is 5.94. The molecule has 2 heterocycles. The van der Waals surface area contributed by atoms with Crippen molar-refractivity contribution in [3.05, 3.63) is 12.5 Å². The number of anilines is 1. The van der Waals surface area contributed by atoms with Gasteiger partial charge in [-0.2, -0.15) is 0 Å². The number of hydrogen-bond donors (Lipinski definition) is 2. The number of rotatable bonds is 0. The molecule has 0 aliphatic carbocycles. The van der Waals surface area contributed by atoms with Gasteiger partial charge in [0.1, 0.15) is 17.6 Å². The smallest absolute Gasteiger partial charge is 0.145 e. The van der Waals surface area contributed by atoms with Gasteiger partial charge in [-0.15, -0.1) is 0 Å². The van der Waals surface area contributed by atoms with E-state index in [-0.39, 0.29) is 5.50 Å². The predicted molar refractivity (Wildman–Crippen MR) is 39.5 cm³/mol. The maximum Gasteiger partial charge on any atom is 0.145 e. The highest BCUT2D eigenvalue weighted by atomic mass is 32.2. The molecule has 1 aromatic rings. The number of thioether (sulfide) groups is 1. The van der Waals surface area contributed by atoms with E-state index in [2.05, 4.69) is 15.3 Å². The molecule has 10 heavy (non-hydrogen) atoms. The molecule has 0 radical (unpaired) electrons. The van der Waals surface area contributed by atoms with Gasteiger partial charge in [0, 0.05) is 6.20 Å². The van der Waals surface area contributed by atoms with E-state index in [1.165, 1.54) is 18.1 Å². The van der Waals surface area contributed by atoms with Crippen LogP contribution in [0.15, 0.2) is 17.4 Å². The van der Waals surface area contributed by atoms with Crippen molar-refractivity contribution in [2.45, 2.75) is 10.4 Å². The molecular weight excluding hydrogens is 148 g/mol. The second-order valence-corrected chi connectivity index (χ2v) is 3.10. The Morgan fingerprint density at radius 1 is 1.70 bits per heavy atom. The molecule has 0 fully saturated rings. The highest BCUT2D eigenvalue weighted by molar-refractivity contribution is 8.00. The lowest BCUT2D eigenvalue weighted by Crippen LogP contribution is -2.21. The van der Waals surface area contributed by atoms with Crippen LogP contribution in [-0.4, -0.2) is 15.5 Å². The minimum Gasteiger partial charge on any atom is -0.345 e. The third-order valence-corrected chi connectivity index (χ3v) is 2.14. The van der Waals surface area contributed by atoms with Crippen molar-refractivity contribution in [1.29, 1.82) is 0 Å². The minimum atomic E-state index is -0.0632. The average Bonchev–Trinajstić information content (AvgIpc) is 2.27. The molecule has 1 aliphatic heterocycles. The third-order valence-electron chi connectivity index (χ3n) is 1.21. The standard InChI is InChI=1S/C5H6N4S/c6-5-9-4-3(10-5)1-7-2-8-4/h1-2,5H,6H2,(H,7,8,9). The van der Waals surface area contributed by atoms with Crippen LogP contribution in [0.1, 0.15) is 0 Å². The van der Waals surface area contributed by atoms with E-state index in [4.69, 9.17) is 5.73 Å². The summed E-state index contributed by atoms with van der Waals surface area (Å²) < 4.78 is 0. The van der Waals surface area contributed by atoms with E-state index >= 15 is 0 Å². The lowest BCUT2D eigenvalue weighted by Gasteiger charge is -1.98. The van der Waals surface area contributed by atoms with Crippen LogP contribution in [0.25, 0.3) is 0 Å². The first-order chi connectivity index (χ1) is 4.86. The molecular formula is C5H6N4S. The molecule has 0 saturated carbocycles. The van der Waals surface area contributed by atoms with Crippen LogP contribution in [-0.2, 0) is 0 Å². The topological polar surface area (TPSA) is 63.8 Å². The van der Waals surface area contributed by atoms with Gasteiger partial charge in [-0.1, -0.05) is 11.8 Å². The largest absolute Gasteiger partial charge is 0.345 e. The molecule has 3 N–H and O–H groups in total. The summed E-state index contributed by atoms with van der Waals surface area (Å²) in [6.07, 6.45) is 3.26. The Kier molecular flexibility index (Phi) is 1.25. The normalized spacial score (nSPS) is 21.9. The molecule has 1 unspecified atom stereocenters. The van der Waals surface area contributed by atoms with Crippen molar-refractivity contribution >= 4 is 17.6 Å². The highest BCUT2D eigenvalue weighted by Crippen LogP contribution is 2.32. The number of fused-ring (bicyclic) bond motifs is 1. The first-order valence-electron chi connectivity index (χ1n) is 2.85. The second-order valence-electron chi connectivity index (χ2n) is 1.92. The second kappa shape index (κ2) is 2.10. The van der Waals surface area contributed by atoms with Crippen molar-refractivity contribution < 1.29 is 0 Å². The summed E-state index contributed by atoms with van der Waals surface area (Å²) in [5.41, 5.74) is 5.51. The maximum atomic E-state index is 5.57. The highest BCUT2D eigenvalue weighted by Gasteiger charge is 2.17. The maximum absolute atomic E-state index is 5.57. The molecule has 52 valence electrons. The van der Waals surface area contributed by atoms with Crippen LogP contribution in [0.3, 0.4) is 0 Å². The van der Waals surface area contributed by atoms with Crippen molar-refractivity contribution in [2.24, 2.45) is 5.73 Å². The van der Waals surface area contributed by atoms with Gasteiger partial charge in [-0.25, -0.2) is 9.97 Å². The molecule has 1 atom stereocenters. The van der Waals surface area contributed by atoms with Gasteiger partial charge in [0.25, 0.3) is 0 Å². The van der Waals surface area contributed by atoms with Crippen LogP contribution < -0.4 is 11.1 Å². The molecule has 0 amide bonds. The molecule has 4 nitrogen and oxygen atoms in total. The van der Waals surface area contributed by atoms with E-state index in [1.54, 1.807) is 6.20 Å². The Bertz CT molecular complexity index is 226. The number of nitrogens with one attached hydrogen (secondary N) is 1. The van der Waals surface area contributed by atoms with Gasteiger partial charge in [-0.05, 0) is 0 Å². The lowest BCUT2D eigenvalue weighted by molar-refractivity contribution is 1.04. The third kappa shape index (κ3) is 0.833. The van der Waals surface area contributed by atoms with Crippen LogP contribution in [0.5, 0.6) is 0 Å². The quantitative estimate of drug-likeness (QED) is 0.560. The summed E-state index contributed by atoms with van der Waals surface area (Å²) >= 11 is 1.53. The number of nitrogens with zero attached hydrogens (tertiary/aromatic N) is 2. The van der Waals surface area contributed by atoms with Crippen LogP contribution in [0, 0.1) is 0 Å². The van der Waals surface area contributed by atoms with Crippen LogP contribution >= 0.6 is 11.8 Å². The van der Waals surface area contributed by atoms with E-state index < -0.39 is 0 Å². The Labute approximate surface area is 62.2 Å². The molecule has 5 heteroatoms. The van der Waals surface area contributed by atoms with Gasteiger partial charge < -0.3 is 11.1 Å². The van der Waals surface area contributed by atoms with E-state index in [0.717, 1.165) is 10.7 Å². The zero-order chi connectivity index (χ0) is 6.97. The Morgan fingerprint density at radius 3 is 3.40 bits per heavy atom. The fourth-order valence-corrected chi connectivity index (χ4v) is 1.60. The Morgan fingerprint density at radius 2 is 2.60 bits per heavy atom. The lowest BCUT2D eigenvalue weighted by atomic mass is 10.6. The van der Waals surface area contributed by atoms with Gasteiger partial charge in [0.05, 0.1) is 4.90 Å². The molecule has 0 aromatic carbocycles. The zero-order valence-corrected chi connectivity index (χ0v) is 5.93. The van der Waals surface area contributed by atoms with Crippen molar-refractivity contribution in [2.75, 3.05) is 5.32 Å². The summed E-state index contributed by atoms with van der Waals surface area (Å²) in [6.45, 7) is 0. The number of hydrogen-bond acceptors (Lipinski definition) is 5. The summed E-state index contributed by atoms with van der Waals surface area (Å²) in [5, 5.41) is 2.99. The van der Waals surface area contributed by atoms with Crippen molar-refractivity contribution in [1.82, 2.24) is 9.97 Å². The van der Waals surface area contributed by atoms with Gasteiger partial charge in [-0.3, -0.25) is 0 Å². The molecule has 2 rings (SSSR count). The molecule has 1 aromatic heterocycles. The van der Waals surface area contributed by atoms with Gasteiger partial charge >= 0.3 is 0 Å². The van der Waals surface area contributed by atoms with Crippen LogP contribution in [0.4, 0.5) is 5.82 Å². The fourth-order valence-electron chi connectivity index (χ4n) is 0.813. The van der Waals surface area contributed by atoms with Gasteiger partial charge in [0.2, 0.25) is 0 Å². The average molecular weight is 154 g/mol. The Hall–Kier alpha value is -0.810. The summed E-state index contributed by atoms with van der Waals surface area (Å²) in [5.74, 6) is 0.840. The summed E-state index contributed by atoms with van der Waals surface area (Å²) in [6, 6.07) is 0.